The quantitative estimate of drug-likeness (QED) is 0.575. The first kappa shape index (κ1) is 7.50. The fourth-order valence-electron chi connectivity index (χ4n) is 0.346. The molecule has 1 unspecified atom stereocenters. The van der Waals surface area contributed by atoms with Gasteiger partial charge in [0.25, 0.3) is 0 Å². The van der Waals surface area contributed by atoms with E-state index >= 15 is 0 Å². The van der Waals surface area contributed by atoms with Crippen LogP contribution in [0.4, 0.5) is 0 Å². The van der Waals surface area contributed by atoms with Gasteiger partial charge in [0.15, 0.2) is 0 Å². The van der Waals surface area contributed by atoms with Crippen LogP contribution in [0.15, 0.2) is 12.8 Å². The van der Waals surface area contributed by atoms with E-state index in [0.29, 0.717) is 12.6 Å². The molecule has 0 rings (SSSR count). The van der Waals surface area contributed by atoms with Gasteiger partial charge in [-0.3, -0.25) is 0 Å². The van der Waals surface area contributed by atoms with E-state index < -0.39 is 0 Å². The summed E-state index contributed by atoms with van der Waals surface area (Å²) in [5.74, 6) is 0. The first-order valence-corrected chi connectivity index (χ1v) is 2.77. The van der Waals surface area contributed by atoms with Gasteiger partial charge in [-0.1, -0.05) is 6.58 Å². The lowest BCUT2D eigenvalue weighted by Crippen LogP contribution is -2.30. The summed E-state index contributed by atoms with van der Waals surface area (Å²) in [5, 5.41) is 0. The summed E-state index contributed by atoms with van der Waals surface area (Å²) in [6, 6.07) is 0.410. The predicted octanol–water partition coefficient (Wildman–Crippen LogP) is 0.409. The maximum Gasteiger partial charge on any atom is 0.0375 e. The Morgan fingerprint density at radius 3 is 2.50 bits per heavy atom. The summed E-state index contributed by atoms with van der Waals surface area (Å²) < 4.78 is 0. The molecule has 0 aromatic carbocycles. The molecule has 0 heterocycles. The highest BCUT2D eigenvalue weighted by atomic mass is 15.1. The van der Waals surface area contributed by atoms with E-state index in [-0.39, 0.29) is 0 Å². The zero-order valence-electron chi connectivity index (χ0n) is 5.59. The molecular weight excluding hydrogens is 100 g/mol. The molecule has 48 valence electrons. The molecule has 0 amide bonds. The van der Waals surface area contributed by atoms with Gasteiger partial charge in [-0.15, -0.1) is 0 Å². The summed E-state index contributed by atoms with van der Waals surface area (Å²) >= 11 is 0. The number of nitrogens with two attached hydrogens (primary N) is 1. The Morgan fingerprint density at radius 1 is 1.88 bits per heavy atom. The molecule has 0 saturated carbocycles. The Labute approximate surface area is 51.0 Å². The van der Waals surface area contributed by atoms with Gasteiger partial charge in [0, 0.05) is 19.6 Å². The minimum absolute atomic E-state index is 0.410. The summed E-state index contributed by atoms with van der Waals surface area (Å²) in [6.45, 7) is 6.34. The first-order valence-electron chi connectivity index (χ1n) is 2.77. The molecule has 0 aliphatic carbocycles. The van der Waals surface area contributed by atoms with E-state index in [1.807, 2.05) is 11.9 Å². The van der Waals surface area contributed by atoms with Crippen molar-refractivity contribution in [2.45, 2.75) is 13.0 Å². The molecular formula is C6H14N2. The number of hydrogen-bond acceptors (Lipinski definition) is 2. The molecule has 0 saturated heterocycles. The average molecular weight is 114 g/mol. The summed E-state index contributed by atoms with van der Waals surface area (Å²) in [5.41, 5.74) is 5.36. The molecule has 8 heavy (non-hydrogen) atoms. The Balaban J connectivity index is 3.44. The van der Waals surface area contributed by atoms with Crippen molar-refractivity contribution in [3.8, 4) is 0 Å². The van der Waals surface area contributed by atoms with Crippen molar-refractivity contribution in [3.63, 3.8) is 0 Å². The third-order valence-electron chi connectivity index (χ3n) is 1.32. The lowest BCUT2D eigenvalue weighted by atomic mass is 10.3. The Hall–Kier alpha value is -0.500. The molecule has 2 heteroatoms. The highest BCUT2D eigenvalue weighted by molar-refractivity contribution is 4.72. The Bertz CT molecular complexity index is 70.9. The van der Waals surface area contributed by atoms with Crippen molar-refractivity contribution >= 4 is 0 Å². The topological polar surface area (TPSA) is 29.3 Å². The molecule has 0 fully saturated rings. The molecule has 2 nitrogen and oxygen atoms in total. The predicted molar refractivity (Wildman–Crippen MR) is 36.5 cm³/mol. The van der Waals surface area contributed by atoms with Crippen LogP contribution in [0.3, 0.4) is 0 Å². The van der Waals surface area contributed by atoms with Crippen molar-refractivity contribution in [2.24, 2.45) is 5.73 Å². The van der Waals surface area contributed by atoms with Crippen LogP contribution in [0.5, 0.6) is 0 Å². The van der Waals surface area contributed by atoms with E-state index in [9.17, 15) is 0 Å². The van der Waals surface area contributed by atoms with Crippen molar-refractivity contribution < 1.29 is 0 Å². The molecule has 0 radical (unpaired) electrons. The van der Waals surface area contributed by atoms with Crippen molar-refractivity contribution in [2.75, 3.05) is 13.6 Å². The Morgan fingerprint density at radius 2 is 2.38 bits per heavy atom. The zero-order valence-corrected chi connectivity index (χ0v) is 5.59. The van der Waals surface area contributed by atoms with Gasteiger partial charge in [-0.25, -0.2) is 0 Å². The third-order valence-corrected chi connectivity index (χ3v) is 1.32. The van der Waals surface area contributed by atoms with Gasteiger partial charge in [-0.2, -0.15) is 0 Å². The molecule has 0 aromatic heterocycles. The van der Waals surface area contributed by atoms with Crippen LogP contribution < -0.4 is 5.73 Å². The van der Waals surface area contributed by atoms with E-state index in [1.165, 1.54) is 0 Å². The van der Waals surface area contributed by atoms with Gasteiger partial charge < -0.3 is 10.6 Å². The van der Waals surface area contributed by atoms with E-state index in [4.69, 9.17) is 5.73 Å². The van der Waals surface area contributed by atoms with E-state index in [2.05, 4.69) is 13.5 Å². The van der Waals surface area contributed by atoms with Crippen LogP contribution in [0.1, 0.15) is 6.92 Å². The van der Waals surface area contributed by atoms with Crippen LogP contribution in [0.2, 0.25) is 0 Å². The lowest BCUT2D eigenvalue weighted by molar-refractivity contribution is 0.359. The molecule has 0 aliphatic rings. The highest BCUT2D eigenvalue weighted by Gasteiger charge is 1.98. The van der Waals surface area contributed by atoms with Crippen LogP contribution in [0.25, 0.3) is 0 Å². The molecule has 0 aromatic rings. The SMILES string of the molecule is C=CN(C)C(C)CN. The summed E-state index contributed by atoms with van der Waals surface area (Å²) in [7, 11) is 1.96. The fourth-order valence-corrected chi connectivity index (χ4v) is 0.346. The van der Waals surface area contributed by atoms with Crippen LogP contribution in [0, 0.1) is 0 Å². The molecule has 0 bridgehead atoms. The molecule has 2 N–H and O–H groups in total. The third kappa shape index (κ3) is 1.98. The fraction of sp³-hybridized carbons (Fsp3) is 0.667. The van der Waals surface area contributed by atoms with Gasteiger partial charge in [0.2, 0.25) is 0 Å². The van der Waals surface area contributed by atoms with Gasteiger partial charge >= 0.3 is 0 Å². The first-order chi connectivity index (χ1) is 3.72. The lowest BCUT2D eigenvalue weighted by Gasteiger charge is -2.20. The second-order valence-electron chi connectivity index (χ2n) is 1.93. The van der Waals surface area contributed by atoms with Crippen molar-refractivity contribution in [1.29, 1.82) is 0 Å². The number of nitrogens with zero attached hydrogens (tertiary/aromatic N) is 1. The van der Waals surface area contributed by atoms with Crippen LogP contribution in [-0.4, -0.2) is 24.5 Å². The van der Waals surface area contributed by atoms with Crippen LogP contribution >= 0.6 is 0 Å². The monoisotopic (exact) mass is 114 g/mol. The standard InChI is InChI=1S/C6H14N2/c1-4-8(3)6(2)5-7/h4,6H,1,5,7H2,2-3H3. The molecule has 0 spiro atoms. The second kappa shape index (κ2) is 3.50. The maximum atomic E-state index is 5.36. The maximum absolute atomic E-state index is 5.36. The largest absolute Gasteiger partial charge is 0.377 e. The van der Waals surface area contributed by atoms with Crippen molar-refractivity contribution in [3.05, 3.63) is 12.8 Å². The Kier molecular flexibility index (Phi) is 3.28. The number of likely N-dealkylation sites (N-methyl/N-ethyl adjacent to an activating group) is 1. The van der Waals surface area contributed by atoms with Crippen LogP contribution in [-0.2, 0) is 0 Å². The smallest absolute Gasteiger partial charge is 0.0375 e. The van der Waals surface area contributed by atoms with Gasteiger partial charge in [0.05, 0.1) is 0 Å². The summed E-state index contributed by atoms with van der Waals surface area (Å²) in [4.78, 5) is 1.99. The minimum Gasteiger partial charge on any atom is -0.377 e. The zero-order chi connectivity index (χ0) is 6.57. The second-order valence-corrected chi connectivity index (χ2v) is 1.93. The molecule has 1 atom stereocenters. The summed E-state index contributed by atoms with van der Waals surface area (Å²) in [6.07, 6.45) is 1.78. The van der Waals surface area contributed by atoms with E-state index in [0.717, 1.165) is 0 Å². The minimum atomic E-state index is 0.410. The van der Waals surface area contributed by atoms with Gasteiger partial charge in [0.1, 0.15) is 0 Å². The van der Waals surface area contributed by atoms with Crippen molar-refractivity contribution in [1.82, 2.24) is 4.90 Å². The number of rotatable bonds is 3. The normalized spacial score (nSPS) is 12.9. The highest BCUT2D eigenvalue weighted by Crippen LogP contribution is 1.90. The van der Waals surface area contributed by atoms with E-state index in [1.54, 1.807) is 6.20 Å². The number of hydrogen-bond donors (Lipinski definition) is 1. The molecule has 0 aliphatic heterocycles. The van der Waals surface area contributed by atoms with Gasteiger partial charge in [-0.05, 0) is 13.1 Å². The average Bonchev–Trinajstić information content (AvgIpc) is 1.84.